The van der Waals surface area contributed by atoms with Gasteiger partial charge < -0.3 is 42.6 Å². The topological polar surface area (TPSA) is 146 Å². The van der Waals surface area contributed by atoms with Crippen molar-refractivity contribution in [2.24, 2.45) is 16.2 Å². The van der Waals surface area contributed by atoms with Crippen LogP contribution in [0.4, 0.5) is 21.0 Å². The van der Waals surface area contributed by atoms with E-state index in [1.54, 1.807) is 48.3 Å². The summed E-state index contributed by atoms with van der Waals surface area (Å²) in [6.07, 6.45) is 7.02. The monoisotopic (exact) mass is 974 g/mol. The number of amides is 4. The third kappa shape index (κ3) is 8.17. The smallest absolute Gasteiger partial charge is 0.416 e. The van der Waals surface area contributed by atoms with Crippen LogP contribution in [0.2, 0.25) is 18.1 Å². The van der Waals surface area contributed by atoms with Crippen molar-refractivity contribution in [3.63, 3.8) is 0 Å². The maximum atomic E-state index is 14.7. The van der Waals surface area contributed by atoms with Crippen molar-refractivity contribution in [3.8, 4) is 23.0 Å². The molecular formula is C54H66N4O11Si. The van der Waals surface area contributed by atoms with Crippen molar-refractivity contribution in [1.82, 2.24) is 9.80 Å². The first-order valence-electron chi connectivity index (χ1n) is 24.5. The Morgan fingerprint density at radius 1 is 0.771 bits per heavy atom. The average molecular weight is 975 g/mol. The molecule has 0 N–H and O–H groups in total. The first-order valence-corrected chi connectivity index (χ1v) is 27.5. The summed E-state index contributed by atoms with van der Waals surface area (Å²) in [5, 5.41) is -0.177. The van der Waals surface area contributed by atoms with Crippen LogP contribution in [0, 0.1) is 16.2 Å². The number of carbonyl (C=O) groups is 4. The molecule has 3 aromatic carbocycles. The van der Waals surface area contributed by atoms with Crippen LogP contribution in [-0.4, -0.2) is 114 Å². The van der Waals surface area contributed by atoms with Crippen LogP contribution in [0.5, 0.6) is 23.0 Å². The first-order chi connectivity index (χ1) is 33.4. The van der Waals surface area contributed by atoms with E-state index in [2.05, 4.69) is 53.1 Å². The number of carbonyl (C=O) groups excluding carboxylic acids is 4. The molecule has 11 rings (SSSR count). The zero-order valence-corrected chi connectivity index (χ0v) is 42.6. The summed E-state index contributed by atoms with van der Waals surface area (Å²) in [6, 6.07) is 14.3. The second kappa shape index (κ2) is 17.4. The summed E-state index contributed by atoms with van der Waals surface area (Å²) in [5.41, 5.74) is 3.48. The SMILES string of the molecule is C=CCOC(=O)N1C[C@@H]2Cc3ccccc3CN2C(=O)c2cc(OC)c(OCC34CC(COc5cc6c(cc5OC)C(=O)N5CC7(CC7)C[C@H]5[C@H](O[Si](C)(C)C(C)(C)C)N6C(=O)OCC=C)(C3)C4)cc21. The number of hydrogen-bond acceptors (Lipinski definition) is 11. The summed E-state index contributed by atoms with van der Waals surface area (Å²) >= 11 is 0. The lowest BCUT2D eigenvalue weighted by Gasteiger charge is -2.70. The Morgan fingerprint density at radius 3 is 1.90 bits per heavy atom. The van der Waals surface area contributed by atoms with E-state index in [9.17, 15) is 19.2 Å². The van der Waals surface area contributed by atoms with E-state index in [1.807, 2.05) is 28.0 Å². The predicted molar refractivity (Wildman–Crippen MR) is 266 cm³/mol. The number of anilines is 2. The summed E-state index contributed by atoms with van der Waals surface area (Å²) in [6.45, 7) is 20.4. The highest BCUT2D eigenvalue weighted by Gasteiger charge is 2.68. The van der Waals surface area contributed by atoms with Gasteiger partial charge in [-0.2, -0.15) is 0 Å². The quantitative estimate of drug-likeness (QED) is 0.112. The van der Waals surface area contributed by atoms with E-state index in [0.717, 1.165) is 49.7 Å². The molecule has 372 valence electrons. The first kappa shape index (κ1) is 47.7. The second-order valence-electron chi connectivity index (χ2n) is 22.4. The number of benzene rings is 3. The van der Waals surface area contributed by atoms with E-state index >= 15 is 0 Å². The van der Waals surface area contributed by atoms with Crippen LogP contribution in [0.1, 0.15) is 91.1 Å². The molecule has 70 heavy (non-hydrogen) atoms. The molecule has 4 aliphatic heterocycles. The van der Waals surface area contributed by atoms with E-state index in [0.29, 0.717) is 78.2 Å². The number of nitrogens with zero attached hydrogens (tertiary/aromatic N) is 4. The Labute approximate surface area is 411 Å². The van der Waals surface area contributed by atoms with Gasteiger partial charge in [0.25, 0.3) is 11.8 Å². The number of ether oxygens (including phenoxy) is 6. The fraction of sp³-hybridized carbons (Fsp3) is 0.519. The standard InChI is InChI=1S/C54H66N4O11Si/c1-10-18-65-49(61)56-27-36-20-34-14-12-13-15-35(34)26-55(36)46(59)37-21-42(63-6)44(23-39(37)56)67-32-53-28-54(29-53,30-53)33-68-45-24-40-38(22-43(45)64-7)47(60)57-31-52(16-17-52)25-41(57)48(58(40)50(62)66-19-11-2)69-70(8,9)51(3,4)5/h10-15,21-24,36,41,48H,1-2,16-20,25-33H2,3-9H3/t36-,41-,48-,53?,54?/m0/s1. The van der Waals surface area contributed by atoms with Crippen molar-refractivity contribution in [3.05, 3.63) is 96.1 Å². The van der Waals surface area contributed by atoms with Gasteiger partial charge in [-0.15, -0.1) is 0 Å². The molecule has 4 amide bonds. The third-order valence-electron chi connectivity index (χ3n) is 16.5. The lowest BCUT2D eigenvalue weighted by Crippen LogP contribution is -2.66. The molecule has 1 spiro atoms. The molecule has 0 unspecified atom stereocenters. The van der Waals surface area contributed by atoms with Gasteiger partial charge in [-0.05, 0) is 91.8 Å². The van der Waals surface area contributed by atoms with Crippen LogP contribution in [-0.2, 0) is 26.9 Å². The van der Waals surface area contributed by atoms with E-state index in [-0.39, 0.29) is 64.9 Å². The zero-order chi connectivity index (χ0) is 49.5. The van der Waals surface area contributed by atoms with Crippen LogP contribution >= 0.6 is 0 Å². The van der Waals surface area contributed by atoms with Crippen LogP contribution in [0.3, 0.4) is 0 Å². The Morgan fingerprint density at radius 2 is 1.33 bits per heavy atom. The van der Waals surface area contributed by atoms with Crippen LogP contribution in [0.25, 0.3) is 0 Å². The average Bonchev–Trinajstić information content (AvgIpc) is 4.00. The molecule has 8 aliphatic rings. The highest BCUT2D eigenvalue weighted by molar-refractivity contribution is 6.74. The summed E-state index contributed by atoms with van der Waals surface area (Å²) in [5.74, 6) is 1.28. The van der Waals surface area contributed by atoms with Crippen LogP contribution in [0.15, 0.2) is 73.8 Å². The number of methoxy groups -OCH3 is 2. The van der Waals surface area contributed by atoms with Gasteiger partial charge >= 0.3 is 12.2 Å². The van der Waals surface area contributed by atoms with Crippen molar-refractivity contribution < 1.29 is 52.0 Å². The Balaban J connectivity index is 0.880. The zero-order valence-electron chi connectivity index (χ0n) is 41.6. The van der Waals surface area contributed by atoms with Gasteiger partial charge in [0.1, 0.15) is 13.2 Å². The summed E-state index contributed by atoms with van der Waals surface area (Å²) < 4.78 is 43.6. The number of fused-ring (bicyclic) bond motifs is 5. The predicted octanol–water partition coefficient (Wildman–Crippen LogP) is 9.53. The Hall–Kier alpha value is -6.00. The van der Waals surface area contributed by atoms with Gasteiger partial charge in [-0.1, -0.05) is 70.3 Å². The molecule has 1 saturated heterocycles. The number of hydrogen-bond donors (Lipinski definition) is 0. The van der Waals surface area contributed by atoms with Crippen molar-refractivity contribution in [2.75, 3.05) is 63.5 Å². The van der Waals surface area contributed by atoms with Gasteiger partial charge in [0.05, 0.1) is 68.6 Å². The van der Waals surface area contributed by atoms with Gasteiger partial charge in [0, 0.05) is 36.1 Å². The van der Waals surface area contributed by atoms with E-state index in [1.165, 1.54) is 12.2 Å². The molecule has 15 nitrogen and oxygen atoms in total. The molecule has 16 heteroatoms. The minimum Gasteiger partial charge on any atom is -0.493 e. The van der Waals surface area contributed by atoms with Crippen molar-refractivity contribution in [1.29, 1.82) is 0 Å². The highest BCUT2D eigenvalue weighted by atomic mass is 28.4. The molecule has 2 bridgehead atoms. The van der Waals surface area contributed by atoms with Crippen molar-refractivity contribution >= 4 is 43.7 Å². The second-order valence-corrected chi connectivity index (χ2v) is 27.1. The molecule has 3 aromatic rings. The Bertz CT molecular complexity index is 2640. The third-order valence-corrected chi connectivity index (χ3v) is 21.0. The van der Waals surface area contributed by atoms with E-state index < -0.39 is 26.7 Å². The molecular weight excluding hydrogens is 909 g/mol. The maximum Gasteiger partial charge on any atom is 0.416 e. The lowest BCUT2D eigenvalue weighted by molar-refractivity contribution is -0.232. The molecule has 0 radical (unpaired) electrons. The van der Waals surface area contributed by atoms with Gasteiger partial charge in [-0.3, -0.25) is 14.5 Å². The lowest BCUT2D eigenvalue weighted by atomic mass is 9.35. The molecule has 4 heterocycles. The minimum absolute atomic E-state index is 0.00580. The molecule has 5 fully saturated rings. The fourth-order valence-electron chi connectivity index (χ4n) is 11.8. The number of rotatable bonds is 14. The summed E-state index contributed by atoms with van der Waals surface area (Å²) in [4.78, 5) is 64.1. The van der Waals surface area contributed by atoms with Gasteiger partial charge in [0.2, 0.25) is 0 Å². The summed E-state index contributed by atoms with van der Waals surface area (Å²) in [7, 11) is 0.574. The highest BCUT2D eigenvalue weighted by Crippen LogP contribution is 2.73. The normalized spacial score (nSPS) is 25.6. The Kier molecular flexibility index (Phi) is 11.8. The molecule has 4 aliphatic carbocycles. The maximum absolute atomic E-state index is 14.7. The molecule has 4 saturated carbocycles. The molecule has 0 aromatic heterocycles. The van der Waals surface area contributed by atoms with Crippen molar-refractivity contribution in [2.45, 2.75) is 109 Å². The van der Waals surface area contributed by atoms with E-state index in [4.69, 9.17) is 32.8 Å². The fourth-order valence-corrected chi connectivity index (χ4v) is 13.0. The van der Waals surface area contributed by atoms with Gasteiger partial charge in [0.15, 0.2) is 37.5 Å². The van der Waals surface area contributed by atoms with Crippen LogP contribution < -0.4 is 28.7 Å². The largest absolute Gasteiger partial charge is 0.493 e. The minimum atomic E-state index is -2.53. The molecule has 3 atom stereocenters. The van der Waals surface area contributed by atoms with Gasteiger partial charge in [-0.25, -0.2) is 14.5 Å².